The van der Waals surface area contributed by atoms with Crippen molar-refractivity contribution in [2.75, 3.05) is 30.8 Å². The predicted octanol–water partition coefficient (Wildman–Crippen LogP) is 4.02. The molecule has 5 nitrogen and oxygen atoms in total. The van der Waals surface area contributed by atoms with Gasteiger partial charge in [0.05, 0.1) is 5.52 Å². The zero-order valence-electron chi connectivity index (χ0n) is 14.7. The lowest BCUT2D eigenvalue weighted by molar-refractivity contribution is 0.264. The molecule has 2 heterocycles. The quantitative estimate of drug-likeness (QED) is 0.744. The van der Waals surface area contributed by atoms with Crippen LogP contribution < -0.4 is 10.6 Å². The molecule has 0 amide bonds. The van der Waals surface area contributed by atoms with Crippen molar-refractivity contribution < 1.29 is 4.39 Å². The average molecular weight is 351 g/mol. The topological polar surface area (TPSA) is 53.1 Å². The van der Waals surface area contributed by atoms with Crippen LogP contribution in [0.25, 0.3) is 10.9 Å². The van der Waals surface area contributed by atoms with Gasteiger partial charge in [0.2, 0.25) is 5.95 Å². The Morgan fingerprint density at radius 2 is 1.73 bits per heavy atom. The minimum absolute atomic E-state index is 0.264. The van der Waals surface area contributed by atoms with Gasteiger partial charge in [0.1, 0.15) is 11.6 Å². The molecule has 0 saturated carbocycles. The summed E-state index contributed by atoms with van der Waals surface area (Å²) in [5.41, 5.74) is 1.63. The van der Waals surface area contributed by atoms with Crippen LogP contribution in [0.2, 0.25) is 0 Å². The van der Waals surface area contributed by atoms with Crippen LogP contribution in [0.15, 0.2) is 48.5 Å². The zero-order chi connectivity index (χ0) is 17.9. The average Bonchev–Trinajstić information content (AvgIpc) is 2.65. The van der Waals surface area contributed by atoms with E-state index in [1.807, 2.05) is 24.3 Å². The van der Waals surface area contributed by atoms with E-state index in [1.165, 1.54) is 12.1 Å². The maximum absolute atomic E-state index is 13.1. The number of rotatable bonds is 4. The maximum Gasteiger partial charge on any atom is 0.229 e. The van der Waals surface area contributed by atoms with Crippen LogP contribution in [0.5, 0.6) is 0 Å². The number of anilines is 3. The van der Waals surface area contributed by atoms with E-state index in [0.717, 1.165) is 48.3 Å². The first-order valence-corrected chi connectivity index (χ1v) is 8.92. The van der Waals surface area contributed by atoms with Crippen LogP contribution >= 0.6 is 0 Å². The van der Waals surface area contributed by atoms with Crippen molar-refractivity contribution in [3.05, 3.63) is 54.3 Å². The van der Waals surface area contributed by atoms with Gasteiger partial charge >= 0.3 is 0 Å². The Morgan fingerprint density at radius 1 is 1.00 bits per heavy atom. The molecule has 4 rings (SSSR count). The fraction of sp³-hybridized carbons (Fsp3) is 0.300. The standard InChI is InChI=1S/C20H22FN5/c1-26-12-10-16(11-13-26)22-19-17-4-2-3-5-18(17)24-20(25-19)23-15-8-6-14(21)7-9-15/h2-9,16H,10-13H2,1H3,(H2,22,23,24,25). The molecule has 1 aromatic heterocycles. The first-order valence-electron chi connectivity index (χ1n) is 8.92. The molecule has 6 heteroatoms. The van der Waals surface area contributed by atoms with Gasteiger partial charge in [0, 0.05) is 17.1 Å². The summed E-state index contributed by atoms with van der Waals surface area (Å²) >= 11 is 0. The Bertz CT molecular complexity index is 888. The molecule has 26 heavy (non-hydrogen) atoms. The van der Waals surface area contributed by atoms with Crippen LogP contribution in [-0.2, 0) is 0 Å². The lowest BCUT2D eigenvalue weighted by atomic mass is 10.1. The van der Waals surface area contributed by atoms with Gasteiger partial charge in [0.25, 0.3) is 0 Å². The maximum atomic E-state index is 13.1. The summed E-state index contributed by atoms with van der Waals surface area (Å²) in [4.78, 5) is 11.6. The first-order chi connectivity index (χ1) is 12.7. The molecule has 0 spiro atoms. The Labute approximate surface area is 152 Å². The molecule has 0 aliphatic carbocycles. The molecule has 2 aromatic carbocycles. The van der Waals surface area contributed by atoms with Crippen LogP contribution in [0.3, 0.4) is 0 Å². The Kier molecular flexibility index (Phi) is 4.67. The van der Waals surface area contributed by atoms with Crippen molar-refractivity contribution in [3.8, 4) is 0 Å². The molecule has 2 N–H and O–H groups in total. The minimum Gasteiger partial charge on any atom is -0.367 e. The molecule has 0 bridgehead atoms. The summed E-state index contributed by atoms with van der Waals surface area (Å²) in [6, 6.07) is 14.6. The minimum atomic E-state index is -0.264. The molecule has 1 aliphatic rings. The van der Waals surface area contributed by atoms with E-state index in [1.54, 1.807) is 12.1 Å². The number of hydrogen-bond donors (Lipinski definition) is 2. The summed E-state index contributed by atoms with van der Waals surface area (Å²) in [5, 5.41) is 7.78. The monoisotopic (exact) mass is 351 g/mol. The van der Waals surface area contributed by atoms with Gasteiger partial charge in [-0.25, -0.2) is 9.37 Å². The molecule has 134 valence electrons. The molecular formula is C20H22FN5. The number of aromatic nitrogens is 2. The Morgan fingerprint density at radius 3 is 2.50 bits per heavy atom. The van der Waals surface area contributed by atoms with Gasteiger partial charge in [0.15, 0.2) is 0 Å². The zero-order valence-corrected chi connectivity index (χ0v) is 14.7. The highest BCUT2D eigenvalue weighted by atomic mass is 19.1. The van der Waals surface area contributed by atoms with E-state index >= 15 is 0 Å². The van der Waals surface area contributed by atoms with Crippen molar-refractivity contribution in [1.82, 2.24) is 14.9 Å². The fourth-order valence-electron chi connectivity index (χ4n) is 3.25. The van der Waals surface area contributed by atoms with Crippen LogP contribution in [0.4, 0.5) is 21.8 Å². The first kappa shape index (κ1) is 16.7. The number of nitrogens with one attached hydrogen (secondary N) is 2. The van der Waals surface area contributed by atoms with E-state index in [0.29, 0.717) is 12.0 Å². The number of halogens is 1. The van der Waals surface area contributed by atoms with Crippen molar-refractivity contribution in [2.24, 2.45) is 0 Å². The summed E-state index contributed by atoms with van der Waals surface area (Å²) in [6.45, 7) is 2.17. The van der Waals surface area contributed by atoms with E-state index in [-0.39, 0.29) is 5.82 Å². The van der Waals surface area contributed by atoms with Crippen LogP contribution in [0.1, 0.15) is 12.8 Å². The third kappa shape index (κ3) is 3.75. The van der Waals surface area contributed by atoms with Gasteiger partial charge in [-0.1, -0.05) is 12.1 Å². The highest BCUT2D eigenvalue weighted by molar-refractivity contribution is 5.90. The molecular weight excluding hydrogens is 329 g/mol. The largest absolute Gasteiger partial charge is 0.367 e. The molecule has 0 radical (unpaired) electrons. The van der Waals surface area contributed by atoms with Gasteiger partial charge in [-0.05, 0) is 69.4 Å². The van der Waals surface area contributed by atoms with Crippen LogP contribution in [0, 0.1) is 5.82 Å². The number of nitrogens with zero attached hydrogens (tertiary/aromatic N) is 3. The number of likely N-dealkylation sites (tertiary alicyclic amines) is 1. The normalized spacial score (nSPS) is 15.9. The van der Waals surface area contributed by atoms with Gasteiger partial charge in [-0.15, -0.1) is 0 Å². The van der Waals surface area contributed by atoms with Crippen molar-refractivity contribution in [1.29, 1.82) is 0 Å². The summed E-state index contributed by atoms with van der Waals surface area (Å²) < 4.78 is 13.1. The molecule has 0 atom stereocenters. The second-order valence-electron chi connectivity index (χ2n) is 6.77. The Balaban J connectivity index is 1.63. The number of fused-ring (bicyclic) bond motifs is 1. The number of hydrogen-bond acceptors (Lipinski definition) is 5. The van der Waals surface area contributed by atoms with Crippen molar-refractivity contribution >= 4 is 28.4 Å². The Hall–Kier alpha value is -2.73. The third-order valence-electron chi connectivity index (χ3n) is 4.76. The van der Waals surface area contributed by atoms with E-state index in [2.05, 4.69) is 27.6 Å². The third-order valence-corrected chi connectivity index (χ3v) is 4.76. The summed E-state index contributed by atoms with van der Waals surface area (Å²) in [6.07, 6.45) is 2.19. The fourth-order valence-corrected chi connectivity index (χ4v) is 3.25. The molecule has 1 aliphatic heterocycles. The predicted molar refractivity (Wildman–Crippen MR) is 103 cm³/mol. The van der Waals surface area contributed by atoms with Crippen LogP contribution in [-0.4, -0.2) is 41.0 Å². The molecule has 0 unspecified atom stereocenters. The molecule has 1 fully saturated rings. The summed E-state index contributed by atoms with van der Waals surface area (Å²) in [7, 11) is 2.15. The lowest BCUT2D eigenvalue weighted by Gasteiger charge is -2.30. The summed E-state index contributed by atoms with van der Waals surface area (Å²) in [5.74, 6) is 1.08. The number of benzene rings is 2. The highest BCUT2D eigenvalue weighted by Gasteiger charge is 2.18. The van der Waals surface area contributed by atoms with Gasteiger partial charge < -0.3 is 15.5 Å². The highest BCUT2D eigenvalue weighted by Crippen LogP contribution is 2.25. The van der Waals surface area contributed by atoms with Gasteiger partial charge in [-0.3, -0.25) is 0 Å². The van der Waals surface area contributed by atoms with E-state index in [9.17, 15) is 4.39 Å². The van der Waals surface area contributed by atoms with Gasteiger partial charge in [-0.2, -0.15) is 4.98 Å². The van der Waals surface area contributed by atoms with E-state index in [4.69, 9.17) is 4.98 Å². The van der Waals surface area contributed by atoms with Crippen molar-refractivity contribution in [3.63, 3.8) is 0 Å². The smallest absolute Gasteiger partial charge is 0.229 e. The second kappa shape index (κ2) is 7.25. The van der Waals surface area contributed by atoms with Crippen molar-refractivity contribution in [2.45, 2.75) is 18.9 Å². The second-order valence-corrected chi connectivity index (χ2v) is 6.77. The number of para-hydroxylation sites is 1. The SMILES string of the molecule is CN1CCC(Nc2nc(Nc3ccc(F)cc3)nc3ccccc23)CC1. The molecule has 3 aromatic rings. The lowest BCUT2D eigenvalue weighted by Crippen LogP contribution is -2.37. The van der Waals surface area contributed by atoms with E-state index < -0.39 is 0 Å². The molecule has 1 saturated heterocycles. The number of piperidine rings is 1.